The van der Waals surface area contributed by atoms with E-state index in [4.69, 9.17) is 14.2 Å². The average molecular weight is 799 g/mol. The third kappa shape index (κ3) is 44.3. The molecule has 0 aliphatic rings. The molecule has 0 aromatic heterocycles. The minimum absolute atomic E-state index is 0.0827. The zero-order valence-electron chi connectivity index (χ0n) is 37.6. The number of carbonyl (C=O) groups excluding carboxylic acids is 3. The van der Waals surface area contributed by atoms with Crippen molar-refractivity contribution in [3.05, 3.63) is 48.6 Å². The highest BCUT2D eigenvalue weighted by atomic mass is 16.6. The molecule has 0 aliphatic carbocycles. The Kier molecular flexibility index (Phi) is 43.9. The van der Waals surface area contributed by atoms with E-state index in [9.17, 15) is 14.4 Å². The number of unbranched alkanes of at least 4 members (excludes halogenated alkanes) is 24. The minimum atomic E-state index is -0.780. The Bertz CT molecular complexity index is 1010. The molecular formula is C51H90O6. The molecule has 0 fully saturated rings. The van der Waals surface area contributed by atoms with Crippen molar-refractivity contribution in [1.29, 1.82) is 0 Å². The lowest BCUT2D eigenvalue weighted by atomic mass is 10.1. The van der Waals surface area contributed by atoms with Crippen LogP contribution in [0.5, 0.6) is 0 Å². The molecular weight excluding hydrogens is 709 g/mol. The Morgan fingerprint density at radius 1 is 0.368 bits per heavy atom. The van der Waals surface area contributed by atoms with E-state index in [0.29, 0.717) is 19.3 Å². The van der Waals surface area contributed by atoms with Gasteiger partial charge in [-0.2, -0.15) is 0 Å². The van der Waals surface area contributed by atoms with Gasteiger partial charge < -0.3 is 14.2 Å². The summed E-state index contributed by atoms with van der Waals surface area (Å²) in [6.45, 7) is 6.46. The second kappa shape index (κ2) is 46.1. The van der Waals surface area contributed by atoms with Gasteiger partial charge in [-0.3, -0.25) is 14.4 Å². The van der Waals surface area contributed by atoms with Crippen LogP contribution >= 0.6 is 0 Å². The van der Waals surface area contributed by atoms with Crippen molar-refractivity contribution >= 4 is 17.9 Å². The Balaban J connectivity index is 4.29. The van der Waals surface area contributed by atoms with Crippen LogP contribution in [0.15, 0.2) is 48.6 Å². The third-order valence-electron chi connectivity index (χ3n) is 10.3. The van der Waals surface area contributed by atoms with E-state index < -0.39 is 6.10 Å². The lowest BCUT2D eigenvalue weighted by molar-refractivity contribution is -0.167. The summed E-state index contributed by atoms with van der Waals surface area (Å²) in [6.07, 6.45) is 53.9. The topological polar surface area (TPSA) is 78.9 Å². The molecule has 6 nitrogen and oxygen atoms in total. The summed E-state index contributed by atoms with van der Waals surface area (Å²) in [5.41, 5.74) is 0. The molecule has 0 N–H and O–H groups in total. The first kappa shape index (κ1) is 54.4. The van der Waals surface area contributed by atoms with Crippen molar-refractivity contribution in [2.45, 2.75) is 245 Å². The molecule has 0 radical (unpaired) electrons. The highest BCUT2D eigenvalue weighted by molar-refractivity contribution is 5.71. The van der Waals surface area contributed by atoms with Gasteiger partial charge in [0.15, 0.2) is 6.10 Å². The fraction of sp³-hybridized carbons (Fsp3) is 0.784. The van der Waals surface area contributed by atoms with Gasteiger partial charge in [0.2, 0.25) is 0 Å². The van der Waals surface area contributed by atoms with E-state index in [-0.39, 0.29) is 31.1 Å². The molecule has 0 bridgehead atoms. The zero-order valence-corrected chi connectivity index (χ0v) is 37.6. The highest BCUT2D eigenvalue weighted by Crippen LogP contribution is 2.15. The molecule has 0 spiro atoms. The third-order valence-corrected chi connectivity index (χ3v) is 10.3. The zero-order chi connectivity index (χ0) is 41.5. The van der Waals surface area contributed by atoms with Crippen LogP contribution in [0.3, 0.4) is 0 Å². The molecule has 0 amide bonds. The molecule has 1 atom stereocenters. The fourth-order valence-corrected chi connectivity index (χ4v) is 6.70. The summed E-state index contributed by atoms with van der Waals surface area (Å²) < 4.78 is 16.7. The Labute approximate surface area is 352 Å². The van der Waals surface area contributed by atoms with Gasteiger partial charge in [0, 0.05) is 19.3 Å². The van der Waals surface area contributed by atoms with E-state index >= 15 is 0 Å². The van der Waals surface area contributed by atoms with Gasteiger partial charge in [-0.1, -0.05) is 198 Å². The van der Waals surface area contributed by atoms with Crippen LogP contribution in [0.4, 0.5) is 0 Å². The number of esters is 3. The molecule has 0 saturated heterocycles. The van der Waals surface area contributed by atoms with Crippen LogP contribution in [-0.4, -0.2) is 37.2 Å². The maximum Gasteiger partial charge on any atom is 0.306 e. The van der Waals surface area contributed by atoms with Crippen molar-refractivity contribution in [3.8, 4) is 0 Å². The molecule has 0 aliphatic heterocycles. The van der Waals surface area contributed by atoms with Gasteiger partial charge in [0.25, 0.3) is 0 Å². The van der Waals surface area contributed by atoms with Crippen molar-refractivity contribution in [1.82, 2.24) is 0 Å². The minimum Gasteiger partial charge on any atom is -0.462 e. The van der Waals surface area contributed by atoms with E-state index in [1.54, 1.807) is 0 Å². The number of carbonyl (C=O) groups is 3. The maximum absolute atomic E-state index is 12.7. The molecule has 330 valence electrons. The van der Waals surface area contributed by atoms with Gasteiger partial charge in [0.1, 0.15) is 13.2 Å². The van der Waals surface area contributed by atoms with E-state index in [2.05, 4.69) is 69.4 Å². The molecule has 57 heavy (non-hydrogen) atoms. The summed E-state index contributed by atoms with van der Waals surface area (Å²) in [4.78, 5) is 37.7. The lowest BCUT2D eigenvalue weighted by Crippen LogP contribution is -2.30. The van der Waals surface area contributed by atoms with Crippen molar-refractivity contribution in [2.75, 3.05) is 13.2 Å². The predicted octanol–water partition coefficient (Wildman–Crippen LogP) is 15.5. The van der Waals surface area contributed by atoms with Gasteiger partial charge in [-0.25, -0.2) is 0 Å². The standard InChI is InChI=1S/C51H90O6/c1-4-7-10-13-16-19-21-22-23-24-25-26-27-28-30-32-35-38-41-44-50(53)56-47-48(46-55-49(52)43-40-37-34-31-18-15-12-9-6-3)57-51(54)45-42-39-36-33-29-20-17-14-11-8-5-2/h7,10,16,19,22-23,31,34,48H,4-6,8-9,11-15,17-18,20-21,24-30,32-33,35-47H2,1-3H3/b10-7-,19-16-,23-22-,34-31-. The van der Waals surface area contributed by atoms with Crippen LogP contribution in [0, 0.1) is 0 Å². The predicted molar refractivity (Wildman–Crippen MR) is 242 cm³/mol. The first-order valence-electron chi connectivity index (χ1n) is 24.1. The van der Waals surface area contributed by atoms with Gasteiger partial charge in [-0.15, -0.1) is 0 Å². The van der Waals surface area contributed by atoms with E-state index in [1.807, 2.05) is 0 Å². The molecule has 0 aromatic carbocycles. The van der Waals surface area contributed by atoms with Crippen molar-refractivity contribution < 1.29 is 28.6 Å². The monoisotopic (exact) mass is 799 g/mol. The largest absolute Gasteiger partial charge is 0.462 e. The Morgan fingerprint density at radius 3 is 1.18 bits per heavy atom. The molecule has 0 heterocycles. The van der Waals surface area contributed by atoms with Gasteiger partial charge in [-0.05, 0) is 70.6 Å². The highest BCUT2D eigenvalue weighted by Gasteiger charge is 2.19. The summed E-state index contributed by atoms with van der Waals surface area (Å²) in [7, 11) is 0. The van der Waals surface area contributed by atoms with Crippen LogP contribution in [-0.2, 0) is 28.6 Å². The SMILES string of the molecule is CC/C=C\C/C=C\C/C=C\CCCCCCCCCCCC(=O)OCC(COC(=O)CCC/C=C\CCCCCC)OC(=O)CCCCCCCCCCCCC. The molecule has 0 rings (SSSR count). The smallest absolute Gasteiger partial charge is 0.306 e. The van der Waals surface area contributed by atoms with Crippen LogP contribution in [0.2, 0.25) is 0 Å². The number of rotatable bonds is 43. The fourth-order valence-electron chi connectivity index (χ4n) is 6.70. The number of hydrogen-bond acceptors (Lipinski definition) is 6. The van der Waals surface area contributed by atoms with Crippen LogP contribution < -0.4 is 0 Å². The Hall–Kier alpha value is -2.63. The van der Waals surface area contributed by atoms with Gasteiger partial charge >= 0.3 is 17.9 Å². The van der Waals surface area contributed by atoms with Crippen LogP contribution in [0.25, 0.3) is 0 Å². The summed E-state index contributed by atoms with van der Waals surface area (Å²) in [6, 6.07) is 0. The first-order chi connectivity index (χ1) is 28.0. The van der Waals surface area contributed by atoms with Crippen molar-refractivity contribution in [3.63, 3.8) is 0 Å². The molecule has 0 saturated carbocycles. The number of hydrogen-bond donors (Lipinski definition) is 0. The van der Waals surface area contributed by atoms with Crippen LogP contribution in [0.1, 0.15) is 239 Å². The number of ether oxygens (including phenoxy) is 3. The summed E-state index contributed by atoms with van der Waals surface area (Å²) in [5, 5.41) is 0. The quantitative estimate of drug-likeness (QED) is 0.0265. The molecule has 0 aromatic rings. The lowest BCUT2D eigenvalue weighted by Gasteiger charge is -2.18. The normalized spacial score (nSPS) is 12.4. The second-order valence-corrected chi connectivity index (χ2v) is 16.0. The van der Waals surface area contributed by atoms with Crippen molar-refractivity contribution in [2.24, 2.45) is 0 Å². The first-order valence-corrected chi connectivity index (χ1v) is 24.1. The molecule has 6 heteroatoms. The average Bonchev–Trinajstić information content (AvgIpc) is 3.21. The summed E-state index contributed by atoms with van der Waals surface area (Å²) in [5.74, 6) is -0.923. The van der Waals surface area contributed by atoms with Gasteiger partial charge in [0.05, 0.1) is 0 Å². The summed E-state index contributed by atoms with van der Waals surface area (Å²) >= 11 is 0. The molecule has 1 unspecified atom stereocenters. The van der Waals surface area contributed by atoms with E-state index in [1.165, 1.54) is 122 Å². The second-order valence-electron chi connectivity index (χ2n) is 16.0. The van der Waals surface area contributed by atoms with E-state index in [0.717, 1.165) is 77.0 Å². The Morgan fingerprint density at radius 2 is 0.702 bits per heavy atom. The number of allylic oxidation sites excluding steroid dienone is 8. The maximum atomic E-state index is 12.7.